The summed E-state index contributed by atoms with van der Waals surface area (Å²) in [6, 6.07) is 15.1. The number of aliphatic carboxylic acids is 1. The fourth-order valence-corrected chi connectivity index (χ4v) is 5.56. The van der Waals surface area contributed by atoms with Gasteiger partial charge in [0.05, 0.1) is 17.9 Å². The summed E-state index contributed by atoms with van der Waals surface area (Å²) in [4.78, 5) is 27.9. The van der Waals surface area contributed by atoms with Crippen LogP contribution >= 0.6 is 23.2 Å². The zero-order valence-electron chi connectivity index (χ0n) is 18.9. The summed E-state index contributed by atoms with van der Waals surface area (Å²) >= 11 is 12.5. The molecule has 3 rings (SSSR count). The number of hydrogen-bond donors (Lipinski definition) is 1. The van der Waals surface area contributed by atoms with Crippen molar-refractivity contribution in [2.45, 2.75) is 70.9 Å². The largest absolute Gasteiger partial charge is 0.481 e. The van der Waals surface area contributed by atoms with Crippen LogP contribution in [0.4, 0.5) is 0 Å². The maximum atomic E-state index is 14.1. The van der Waals surface area contributed by atoms with Crippen LogP contribution in [0.15, 0.2) is 48.5 Å². The van der Waals surface area contributed by atoms with Gasteiger partial charge in [0.1, 0.15) is 0 Å². The lowest BCUT2D eigenvalue weighted by Gasteiger charge is -2.52. The standard InChI is InChI=1S/C26H31Cl2NO3/c1-4-21(5-2)29-24(17-10-12-19(27)13-11-17)22(18-8-7-9-20(28)14-18)15-26(6-3,25(29)32)16-23(30)31/h7-14,21-22,24H,4-6,15-16H2,1-3H3,(H,30,31)/t22-,24-,26-/m1/s1. The van der Waals surface area contributed by atoms with Crippen molar-refractivity contribution in [2.75, 3.05) is 0 Å². The third-order valence-corrected chi connectivity index (χ3v) is 7.46. The molecule has 2 aromatic rings. The van der Waals surface area contributed by atoms with E-state index in [2.05, 4.69) is 13.8 Å². The van der Waals surface area contributed by atoms with E-state index in [0.29, 0.717) is 22.9 Å². The highest BCUT2D eigenvalue weighted by atomic mass is 35.5. The SMILES string of the molecule is CCC(CC)N1C(=O)[C@@](CC)(CC(=O)O)C[C@H](c2cccc(Cl)c2)[C@H]1c1ccc(Cl)cc1. The fraction of sp³-hybridized carbons (Fsp3) is 0.462. The Morgan fingerprint density at radius 2 is 1.72 bits per heavy atom. The van der Waals surface area contributed by atoms with E-state index in [1.54, 1.807) is 0 Å². The van der Waals surface area contributed by atoms with E-state index in [1.807, 2.05) is 60.4 Å². The summed E-state index contributed by atoms with van der Waals surface area (Å²) in [6.45, 7) is 6.08. The van der Waals surface area contributed by atoms with E-state index in [0.717, 1.165) is 24.0 Å². The Bertz CT molecular complexity index is 958. The second-order valence-electron chi connectivity index (χ2n) is 8.75. The molecule has 0 spiro atoms. The molecular formula is C26H31Cl2NO3. The molecule has 32 heavy (non-hydrogen) atoms. The Kier molecular flexibility index (Phi) is 7.89. The lowest BCUT2D eigenvalue weighted by atomic mass is 9.64. The highest BCUT2D eigenvalue weighted by Gasteiger charge is 2.53. The minimum atomic E-state index is -0.954. The van der Waals surface area contributed by atoms with Crippen LogP contribution in [0, 0.1) is 5.41 Å². The molecule has 1 aliphatic heterocycles. The number of carbonyl (C=O) groups excluding carboxylic acids is 1. The molecule has 1 heterocycles. The molecule has 6 heteroatoms. The van der Waals surface area contributed by atoms with Gasteiger partial charge in [-0.2, -0.15) is 0 Å². The highest BCUT2D eigenvalue weighted by molar-refractivity contribution is 6.30. The molecule has 0 aromatic heterocycles. The molecule has 1 N–H and O–H groups in total. The van der Waals surface area contributed by atoms with Gasteiger partial charge in [0.2, 0.25) is 5.91 Å². The van der Waals surface area contributed by atoms with E-state index in [1.165, 1.54) is 0 Å². The zero-order chi connectivity index (χ0) is 23.5. The predicted molar refractivity (Wildman–Crippen MR) is 129 cm³/mol. The highest BCUT2D eigenvalue weighted by Crippen LogP contribution is 2.53. The predicted octanol–water partition coefficient (Wildman–Crippen LogP) is 7.11. The molecule has 3 atom stereocenters. The average Bonchev–Trinajstić information content (AvgIpc) is 2.77. The minimum absolute atomic E-state index is 0.00452. The smallest absolute Gasteiger partial charge is 0.304 e. The van der Waals surface area contributed by atoms with Gasteiger partial charge >= 0.3 is 5.97 Å². The lowest BCUT2D eigenvalue weighted by Crippen LogP contribution is -2.56. The first-order valence-electron chi connectivity index (χ1n) is 11.3. The summed E-state index contributed by atoms with van der Waals surface area (Å²) in [6.07, 6.45) is 2.34. The molecule has 0 aliphatic carbocycles. The number of carbonyl (C=O) groups is 2. The average molecular weight is 476 g/mol. The van der Waals surface area contributed by atoms with E-state index in [4.69, 9.17) is 23.2 Å². The van der Waals surface area contributed by atoms with Gasteiger partial charge in [0, 0.05) is 22.0 Å². The van der Waals surface area contributed by atoms with Crippen LogP contribution in [0.2, 0.25) is 10.0 Å². The summed E-state index contributed by atoms with van der Waals surface area (Å²) in [5, 5.41) is 11.0. The maximum absolute atomic E-state index is 14.1. The van der Waals surface area contributed by atoms with Gasteiger partial charge in [-0.1, -0.05) is 68.2 Å². The van der Waals surface area contributed by atoms with Crippen molar-refractivity contribution in [3.05, 3.63) is 69.7 Å². The van der Waals surface area contributed by atoms with Crippen LogP contribution < -0.4 is 0 Å². The van der Waals surface area contributed by atoms with Gasteiger partial charge in [-0.25, -0.2) is 0 Å². The summed E-state index contributed by atoms with van der Waals surface area (Å²) in [7, 11) is 0. The Hall–Kier alpha value is -2.04. The third-order valence-electron chi connectivity index (χ3n) is 6.97. The second kappa shape index (κ2) is 10.3. The minimum Gasteiger partial charge on any atom is -0.481 e. The van der Waals surface area contributed by atoms with E-state index in [9.17, 15) is 14.7 Å². The van der Waals surface area contributed by atoms with Gasteiger partial charge in [-0.05, 0) is 61.1 Å². The maximum Gasteiger partial charge on any atom is 0.304 e. The van der Waals surface area contributed by atoms with Crippen LogP contribution in [-0.2, 0) is 9.59 Å². The van der Waals surface area contributed by atoms with E-state index >= 15 is 0 Å². The van der Waals surface area contributed by atoms with Crippen molar-refractivity contribution in [3.8, 4) is 0 Å². The molecule has 0 saturated carbocycles. The van der Waals surface area contributed by atoms with Crippen molar-refractivity contribution in [1.29, 1.82) is 0 Å². The quantitative estimate of drug-likeness (QED) is 0.442. The van der Waals surface area contributed by atoms with Crippen LogP contribution in [0.5, 0.6) is 0 Å². The first-order chi connectivity index (χ1) is 15.3. The van der Waals surface area contributed by atoms with Crippen molar-refractivity contribution < 1.29 is 14.7 Å². The molecule has 4 nitrogen and oxygen atoms in total. The van der Waals surface area contributed by atoms with Gasteiger partial charge in [0.15, 0.2) is 0 Å². The van der Waals surface area contributed by atoms with Crippen molar-refractivity contribution in [3.63, 3.8) is 0 Å². The first kappa shape index (κ1) is 24.6. The second-order valence-corrected chi connectivity index (χ2v) is 9.62. The Labute approximate surface area is 200 Å². The van der Waals surface area contributed by atoms with Crippen molar-refractivity contribution in [1.82, 2.24) is 4.90 Å². The third kappa shape index (κ3) is 4.82. The Balaban J connectivity index is 2.25. The molecule has 1 amide bonds. The summed E-state index contributed by atoms with van der Waals surface area (Å²) in [5.41, 5.74) is 1.06. The van der Waals surface area contributed by atoms with Gasteiger partial charge < -0.3 is 10.0 Å². The van der Waals surface area contributed by atoms with Crippen LogP contribution in [0.1, 0.15) is 76.0 Å². The molecule has 1 saturated heterocycles. The number of benzene rings is 2. The van der Waals surface area contributed by atoms with E-state index in [-0.39, 0.29) is 30.3 Å². The molecule has 0 bridgehead atoms. The summed E-state index contributed by atoms with van der Waals surface area (Å²) in [5.74, 6) is -1.10. The van der Waals surface area contributed by atoms with Gasteiger partial charge in [-0.15, -0.1) is 0 Å². The Morgan fingerprint density at radius 1 is 1.06 bits per heavy atom. The molecule has 172 valence electrons. The van der Waals surface area contributed by atoms with Crippen molar-refractivity contribution >= 4 is 35.1 Å². The molecule has 1 fully saturated rings. The first-order valence-corrected chi connectivity index (χ1v) is 12.1. The number of likely N-dealkylation sites (tertiary alicyclic amines) is 1. The van der Waals surface area contributed by atoms with Gasteiger partial charge in [0.25, 0.3) is 0 Å². The number of carboxylic acids is 1. The Morgan fingerprint density at radius 3 is 2.25 bits per heavy atom. The van der Waals surface area contributed by atoms with Crippen LogP contribution in [-0.4, -0.2) is 27.9 Å². The zero-order valence-corrected chi connectivity index (χ0v) is 20.4. The van der Waals surface area contributed by atoms with E-state index < -0.39 is 11.4 Å². The number of halogens is 2. The fourth-order valence-electron chi connectivity index (χ4n) is 5.24. The summed E-state index contributed by atoms with van der Waals surface area (Å²) < 4.78 is 0. The molecule has 0 radical (unpaired) electrons. The lowest BCUT2D eigenvalue weighted by molar-refractivity contribution is -0.162. The number of rotatable bonds is 8. The molecule has 0 unspecified atom stereocenters. The molecule has 2 aromatic carbocycles. The number of piperidine rings is 1. The van der Waals surface area contributed by atoms with Crippen molar-refractivity contribution in [2.24, 2.45) is 5.41 Å². The number of amides is 1. The molecule has 1 aliphatic rings. The number of carboxylic acid groups (broad SMARTS) is 1. The molecular weight excluding hydrogens is 445 g/mol. The monoisotopic (exact) mass is 475 g/mol. The normalized spacial score (nSPS) is 23.6. The van der Waals surface area contributed by atoms with Crippen LogP contribution in [0.25, 0.3) is 0 Å². The van der Waals surface area contributed by atoms with Gasteiger partial charge in [-0.3, -0.25) is 9.59 Å². The van der Waals surface area contributed by atoms with Crippen LogP contribution in [0.3, 0.4) is 0 Å². The number of hydrogen-bond acceptors (Lipinski definition) is 2. The number of nitrogens with zero attached hydrogens (tertiary/aromatic N) is 1. The topological polar surface area (TPSA) is 57.6 Å².